The Morgan fingerprint density at radius 1 is 1.35 bits per heavy atom. The van der Waals surface area contributed by atoms with Gasteiger partial charge in [-0.2, -0.15) is 26.0 Å². The SMILES string of the molecule is O=C1OC2(O)CC3CC2C(C(=O)OCCC(F)(F)C(F)(F)S(=O)(=O)O)C13. The van der Waals surface area contributed by atoms with Crippen LogP contribution >= 0.6 is 0 Å². The number of hydrogen-bond acceptors (Lipinski definition) is 7. The van der Waals surface area contributed by atoms with Crippen LogP contribution in [0.3, 0.4) is 0 Å². The van der Waals surface area contributed by atoms with Crippen molar-refractivity contribution in [2.45, 2.75) is 36.2 Å². The summed E-state index contributed by atoms with van der Waals surface area (Å²) < 4.78 is 91.2. The molecule has 148 valence electrons. The Balaban J connectivity index is 1.63. The Labute approximate surface area is 144 Å². The van der Waals surface area contributed by atoms with Crippen LogP contribution in [-0.4, -0.2) is 53.6 Å². The van der Waals surface area contributed by atoms with Crippen molar-refractivity contribution in [2.24, 2.45) is 23.7 Å². The van der Waals surface area contributed by atoms with Gasteiger partial charge in [-0.05, 0) is 12.3 Å². The fraction of sp³-hybridized carbons (Fsp3) is 0.846. The summed E-state index contributed by atoms with van der Waals surface area (Å²) in [4.78, 5) is 23.9. The van der Waals surface area contributed by atoms with Crippen molar-refractivity contribution < 1.29 is 54.7 Å². The molecule has 4 bridgehead atoms. The highest BCUT2D eigenvalue weighted by Crippen LogP contribution is 2.62. The molecule has 0 spiro atoms. The fourth-order valence-electron chi connectivity index (χ4n) is 4.08. The zero-order valence-corrected chi connectivity index (χ0v) is 13.7. The topological polar surface area (TPSA) is 127 Å². The van der Waals surface area contributed by atoms with E-state index in [1.807, 2.05) is 0 Å². The van der Waals surface area contributed by atoms with Gasteiger partial charge in [-0.25, -0.2) is 0 Å². The van der Waals surface area contributed by atoms with Crippen LogP contribution < -0.4 is 0 Å². The number of halogens is 4. The third-order valence-electron chi connectivity index (χ3n) is 5.25. The standard InChI is InChI=1S/C13H14F4O8S/c14-12(15,13(16,17)26(21,22)23)1-2-24-9(18)8-6-3-5-4-11(6,20)25-10(19)7(5)8/h5-8,20H,1-4H2,(H,21,22,23). The third-order valence-corrected chi connectivity index (χ3v) is 6.20. The molecule has 2 N–H and O–H groups in total. The Kier molecular flexibility index (Phi) is 4.09. The summed E-state index contributed by atoms with van der Waals surface area (Å²) in [5.74, 6) is -12.1. The lowest BCUT2D eigenvalue weighted by Crippen LogP contribution is -2.57. The summed E-state index contributed by atoms with van der Waals surface area (Å²) in [6.07, 6.45) is -1.42. The van der Waals surface area contributed by atoms with Crippen molar-refractivity contribution in [3.63, 3.8) is 0 Å². The van der Waals surface area contributed by atoms with Crippen LogP contribution in [0.25, 0.3) is 0 Å². The van der Waals surface area contributed by atoms with Gasteiger partial charge in [-0.1, -0.05) is 0 Å². The van der Waals surface area contributed by atoms with Crippen molar-refractivity contribution in [3.8, 4) is 0 Å². The van der Waals surface area contributed by atoms with E-state index in [4.69, 9.17) is 9.29 Å². The predicted molar refractivity (Wildman–Crippen MR) is 71.3 cm³/mol. The van der Waals surface area contributed by atoms with Crippen LogP contribution in [0.4, 0.5) is 17.6 Å². The third kappa shape index (κ3) is 2.59. The summed E-state index contributed by atoms with van der Waals surface area (Å²) in [5.41, 5.74) is 0. The second-order valence-corrected chi connectivity index (χ2v) is 8.20. The molecule has 0 aromatic carbocycles. The van der Waals surface area contributed by atoms with Crippen molar-refractivity contribution >= 4 is 22.1 Å². The number of carbonyl (C=O) groups excluding carboxylic acids is 2. The number of hydrogen-bond donors (Lipinski definition) is 2. The van der Waals surface area contributed by atoms with Gasteiger partial charge in [0.2, 0.25) is 5.79 Å². The number of ether oxygens (including phenoxy) is 2. The van der Waals surface area contributed by atoms with E-state index in [1.54, 1.807) is 0 Å². The Morgan fingerprint density at radius 2 is 1.96 bits per heavy atom. The maximum absolute atomic E-state index is 13.4. The Bertz CT molecular complexity index is 753. The summed E-state index contributed by atoms with van der Waals surface area (Å²) in [6, 6.07) is 0. The molecule has 4 fully saturated rings. The molecule has 2 heterocycles. The Hall–Kier alpha value is -1.47. The zero-order valence-electron chi connectivity index (χ0n) is 12.9. The number of alkyl halides is 4. The Morgan fingerprint density at radius 3 is 2.50 bits per heavy atom. The van der Waals surface area contributed by atoms with E-state index >= 15 is 0 Å². The number of esters is 2. The molecule has 2 aliphatic carbocycles. The molecule has 5 atom stereocenters. The van der Waals surface area contributed by atoms with E-state index in [-0.39, 0.29) is 12.3 Å². The minimum Gasteiger partial charge on any atom is -0.465 e. The minimum atomic E-state index is -6.37. The van der Waals surface area contributed by atoms with E-state index in [2.05, 4.69) is 4.74 Å². The number of carbonyl (C=O) groups is 2. The molecule has 8 nitrogen and oxygen atoms in total. The van der Waals surface area contributed by atoms with Gasteiger partial charge in [0.25, 0.3) is 0 Å². The summed E-state index contributed by atoms with van der Waals surface area (Å²) in [6.45, 7) is -1.27. The average molecular weight is 406 g/mol. The molecule has 13 heteroatoms. The summed E-state index contributed by atoms with van der Waals surface area (Å²) in [5, 5.41) is 4.45. The molecule has 0 aromatic rings. The van der Waals surface area contributed by atoms with Gasteiger partial charge in [0, 0.05) is 12.3 Å². The molecule has 2 saturated heterocycles. The van der Waals surface area contributed by atoms with Crippen molar-refractivity contribution in [2.75, 3.05) is 6.61 Å². The summed E-state index contributed by atoms with van der Waals surface area (Å²) >= 11 is 0. The van der Waals surface area contributed by atoms with Gasteiger partial charge in [0.1, 0.15) is 0 Å². The fourth-order valence-corrected chi connectivity index (χ4v) is 4.56. The van der Waals surface area contributed by atoms with Crippen molar-refractivity contribution in [1.29, 1.82) is 0 Å². The first-order chi connectivity index (χ1) is 11.7. The monoisotopic (exact) mass is 406 g/mol. The lowest BCUT2D eigenvalue weighted by atomic mass is 9.73. The van der Waals surface area contributed by atoms with E-state index in [9.17, 15) is 40.7 Å². The van der Waals surface area contributed by atoms with Gasteiger partial charge in [-0.3, -0.25) is 14.1 Å². The van der Waals surface area contributed by atoms with Gasteiger partial charge < -0.3 is 14.6 Å². The van der Waals surface area contributed by atoms with Gasteiger partial charge in [0.05, 0.1) is 24.9 Å². The molecule has 2 aliphatic heterocycles. The minimum absolute atomic E-state index is 0.149. The second kappa shape index (κ2) is 5.52. The van der Waals surface area contributed by atoms with Crippen LogP contribution in [-0.2, 0) is 29.2 Å². The first-order valence-electron chi connectivity index (χ1n) is 7.56. The van der Waals surface area contributed by atoms with E-state index in [1.165, 1.54) is 0 Å². The molecule has 4 rings (SSSR count). The van der Waals surface area contributed by atoms with Crippen LogP contribution in [0, 0.1) is 23.7 Å². The molecule has 0 radical (unpaired) electrons. The van der Waals surface area contributed by atoms with E-state index in [0.29, 0.717) is 6.42 Å². The maximum Gasteiger partial charge on any atom is 0.431 e. The lowest BCUT2D eigenvalue weighted by molar-refractivity contribution is -0.270. The van der Waals surface area contributed by atoms with Crippen LogP contribution in [0.1, 0.15) is 19.3 Å². The van der Waals surface area contributed by atoms with Gasteiger partial charge in [0.15, 0.2) is 0 Å². The summed E-state index contributed by atoms with van der Waals surface area (Å²) in [7, 11) is -6.37. The van der Waals surface area contributed by atoms with Crippen molar-refractivity contribution in [3.05, 3.63) is 0 Å². The normalized spacial score (nSPS) is 36.3. The van der Waals surface area contributed by atoms with E-state index in [0.717, 1.165) is 0 Å². The highest BCUT2D eigenvalue weighted by molar-refractivity contribution is 7.87. The first-order valence-corrected chi connectivity index (χ1v) is 9.00. The highest BCUT2D eigenvalue weighted by atomic mass is 32.2. The van der Waals surface area contributed by atoms with E-state index < -0.39 is 69.8 Å². The molecule has 2 saturated carbocycles. The van der Waals surface area contributed by atoms with Crippen LogP contribution in [0.15, 0.2) is 0 Å². The number of fused-ring (bicyclic) bond motifs is 1. The van der Waals surface area contributed by atoms with Crippen LogP contribution in [0.2, 0.25) is 0 Å². The molecular weight excluding hydrogens is 392 g/mol. The molecule has 4 aliphatic rings. The first kappa shape index (κ1) is 19.3. The highest BCUT2D eigenvalue weighted by Gasteiger charge is 2.71. The molecule has 26 heavy (non-hydrogen) atoms. The number of rotatable bonds is 6. The van der Waals surface area contributed by atoms with Gasteiger partial charge in [-0.15, -0.1) is 0 Å². The molecular formula is C13H14F4O8S. The quantitative estimate of drug-likeness (QED) is 0.372. The van der Waals surface area contributed by atoms with Crippen LogP contribution in [0.5, 0.6) is 0 Å². The lowest BCUT2D eigenvalue weighted by Gasteiger charge is -2.44. The predicted octanol–water partition coefficient (Wildman–Crippen LogP) is 0.553. The molecule has 5 unspecified atom stereocenters. The average Bonchev–Trinajstić information content (AvgIpc) is 2.96. The molecule has 0 aromatic heterocycles. The van der Waals surface area contributed by atoms with Gasteiger partial charge >= 0.3 is 33.2 Å². The second-order valence-electron chi connectivity index (χ2n) is 6.74. The zero-order chi connectivity index (χ0) is 19.7. The smallest absolute Gasteiger partial charge is 0.431 e. The number of aliphatic hydroxyl groups is 1. The molecule has 0 amide bonds. The maximum atomic E-state index is 13.4. The largest absolute Gasteiger partial charge is 0.465 e. The van der Waals surface area contributed by atoms with Crippen molar-refractivity contribution in [1.82, 2.24) is 0 Å².